The molecule has 2 atom stereocenters. The fraction of sp³-hybridized carbons (Fsp3) is 0.462. The van der Waals surface area contributed by atoms with E-state index in [4.69, 9.17) is 0 Å². The first-order chi connectivity index (χ1) is 8.67. The predicted octanol–water partition coefficient (Wildman–Crippen LogP) is 0.832. The molecule has 0 radical (unpaired) electrons. The van der Waals surface area contributed by atoms with Gasteiger partial charge in [0.15, 0.2) is 0 Å². The molecule has 0 aromatic heterocycles. The van der Waals surface area contributed by atoms with Gasteiger partial charge in [-0.2, -0.15) is 0 Å². The van der Waals surface area contributed by atoms with E-state index in [1.807, 2.05) is 37.3 Å². The number of carbonyl (C=O) groups is 1. The Morgan fingerprint density at radius 3 is 2.56 bits per heavy atom. The van der Waals surface area contributed by atoms with Gasteiger partial charge in [-0.1, -0.05) is 37.3 Å². The van der Waals surface area contributed by atoms with Crippen LogP contribution in [0, 0.1) is 0 Å². The van der Waals surface area contributed by atoms with E-state index in [9.17, 15) is 9.00 Å². The maximum Gasteiger partial charge on any atom is 0.232 e. The molecule has 1 aromatic carbocycles. The minimum absolute atomic E-state index is 0.0293. The Morgan fingerprint density at radius 2 is 2.00 bits per heavy atom. The molecule has 1 aromatic rings. The van der Waals surface area contributed by atoms with E-state index < -0.39 is 10.8 Å². The highest BCUT2D eigenvalue weighted by Crippen LogP contribution is 2.13. The van der Waals surface area contributed by atoms with E-state index in [1.165, 1.54) is 0 Å². The standard InChI is InChI=1S/C13H20N2O2S/c1-3-15-12(11-7-5-4-6-8-11)9-18(17)10-13(16)14-2/h4-8,12,15H,3,9-10H2,1-2H3,(H,14,16). The summed E-state index contributed by atoms with van der Waals surface area (Å²) in [7, 11) is 0.397. The maximum atomic E-state index is 11.9. The van der Waals surface area contributed by atoms with Gasteiger partial charge in [-0.05, 0) is 12.1 Å². The Kier molecular flexibility index (Phi) is 6.60. The molecule has 0 aliphatic carbocycles. The first-order valence-corrected chi connectivity index (χ1v) is 7.50. The van der Waals surface area contributed by atoms with Gasteiger partial charge in [-0.25, -0.2) is 0 Å². The quantitative estimate of drug-likeness (QED) is 0.770. The number of amides is 1. The lowest BCUT2D eigenvalue weighted by Gasteiger charge is -2.17. The van der Waals surface area contributed by atoms with Crippen molar-refractivity contribution in [2.75, 3.05) is 25.1 Å². The summed E-state index contributed by atoms with van der Waals surface area (Å²) in [6.07, 6.45) is 0. The van der Waals surface area contributed by atoms with Gasteiger partial charge in [0.05, 0.1) is 0 Å². The van der Waals surface area contributed by atoms with E-state index in [0.29, 0.717) is 5.75 Å². The molecule has 2 N–H and O–H groups in total. The van der Waals surface area contributed by atoms with Crippen molar-refractivity contribution in [1.29, 1.82) is 0 Å². The topological polar surface area (TPSA) is 58.2 Å². The monoisotopic (exact) mass is 268 g/mol. The number of benzene rings is 1. The third-order valence-electron chi connectivity index (χ3n) is 2.58. The number of hydrogen-bond acceptors (Lipinski definition) is 3. The second-order valence-corrected chi connectivity index (χ2v) is 5.45. The Bertz CT molecular complexity index is 395. The van der Waals surface area contributed by atoms with Gasteiger partial charge in [-0.3, -0.25) is 9.00 Å². The van der Waals surface area contributed by atoms with E-state index in [0.717, 1.165) is 12.1 Å². The van der Waals surface area contributed by atoms with Crippen molar-refractivity contribution in [3.05, 3.63) is 35.9 Å². The summed E-state index contributed by atoms with van der Waals surface area (Å²) in [6, 6.07) is 9.91. The molecule has 5 heteroatoms. The number of rotatable bonds is 7. The van der Waals surface area contributed by atoms with Crippen molar-refractivity contribution in [3.63, 3.8) is 0 Å². The zero-order valence-corrected chi connectivity index (χ0v) is 11.6. The SMILES string of the molecule is CCNC(CS(=O)CC(=O)NC)c1ccccc1. The van der Waals surface area contributed by atoms with Crippen molar-refractivity contribution < 1.29 is 9.00 Å². The molecule has 0 bridgehead atoms. The zero-order chi connectivity index (χ0) is 13.4. The van der Waals surface area contributed by atoms with E-state index in [2.05, 4.69) is 10.6 Å². The van der Waals surface area contributed by atoms with Crippen molar-refractivity contribution in [1.82, 2.24) is 10.6 Å². The average Bonchev–Trinajstić information content (AvgIpc) is 2.39. The second kappa shape index (κ2) is 8.00. The number of carbonyl (C=O) groups excluding carboxylic acids is 1. The normalized spacial score (nSPS) is 13.9. The fourth-order valence-corrected chi connectivity index (χ4v) is 2.90. The van der Waals surface area contributed by atoms with Gasteiger partial charge in [0, 0.05) is 29.6 Å². The number of nitrogens with one attached hydrogen (secondary N) is 2. The molecule has 0 aliphatic heterocycles. The Morgan fingerprint density at radius 1 is 1.33 bits per heavy atom. The first kappa shape index (κ1) is 14.9. The summed E-state index contributed by atoms with van der Waals surface area (Å²) in [5.74, 6) is 0.327. The summed E-state index contributed by atoms with van der Waals surface area (Å²) in [4.78, 5) is 11.2. The van der Waals surface area contributed by atoms with Gasteiger partial charge in [0.2, 0.25) is 5.91 Å². The highest BCUT2D eigenvalue weighted by atomic mass is 32.2. The molecule has 18 heavy (non-hydrogen) atoms. The highest BCUT2D eigenvalue weighted by Gasteiger charge is 2.15. The van der Waals surface area contributed by atoms with E-state index in [-0.39, 0.29) is 17.7 Å². The Labute approximate surface area is 111 Å². The second-order valence-electron chi connectivity index (χ2n) is 3.94. The third kappa shape index (κ3) is 4.98. The fourth-order valence-electron chi connectivity index (χ4n) is 1.67. The van der Waals surface area contributed by atoms with Crippen LogP contribution >= 0.6 is 0 Å². The minimum atomic E-state index is -1.16. The molecular formula is C13H20N2O2S. The molecule has 0 spiro atoms. The van der Waals surface area contributed by atoms with Crippen LogP contribution in [0.5, 0.6) is 0 Å². The molecule has 0 heterocycles. The van der Waals surface area contributed by atoms with Crippen molar-refractivity contribution in [3.8, 4) is 0 Å². The Balaban J connectivity index is 2.64. The van der Waals surface area contributed by atoms with Crippen LogP contribution < -0.4 is 10.6 Å². The van der Waals surface area contributed by atoms with Crippen LogP contribution in [0.25, 0.3) is 0 Å². The summed E-state index contributed by atoms with van der Waals surface area (Å²) in [5, 5.41) is 5.78. The van der Waals surface area contributed by atoms with E-state index in [1.54, 1.807) is 7.05 Å². The summed E-state index contributed by atoms with van der Waals surface area (Å²) in [5.41, 5.74) is 1.10. The lowest BCUT2D eigenvalue weighted by molar-refractivity contribution is -0.118. The van der Waals surface area contributed by atoms with Crippen LogP contribution in [0.4, 0.5) is 0 Å². The first-order valence-electron chi connectivity index (χ1n) is 6.01. The smallest absolute Gasteiger partial charge is 0.232 e. The third-order valence-corrected chi connectivity index (χ3v) is 3.87. The molecule has 0 aliphatic rings. The molecule has 2 unspecified atom stereocenters. The molecular weight excluding hydrogens is 248 g/mol. The van der Waals surface area contributed by atoms with Gasteiger partial charge < -0.3 is 10.6 Å². The Hall–Kier alpha value is -1.20. The van der Waals surface area contributed by atoms with Gasteiger partial charge >= 0.3 is 0 Å². The van der Waals surface area contributed by atoms with Crippen LogP contribution in [-0.2, 0) is 15.6 Å². The molecule has 0 saturated carbocycles. The molecule has 1 rings (SSSR count). The predicted molar refractivity (Wildman–Crippen MR) is 74.8 cm³/mol. The summed E-state index contributed by atoms with van der Waals surface area (Å²) >= 11 is 0. The van der Waals surface area contributed by atoms with Crippen LogP contribution in [0.3, 0.4) is 0 Å². The van der Waals surface area contributed by atoms with Crippen molar-refractivity contribution in [2.45, 2.75) is 13.0 Å². The van der Waals surface area contributed by atoms with E-state index >= 15 is 0 Å². The molecule has 0 saturated heterocycles. The van der Waals surface area contributed by atoms with Crippen LogP contribution in [0.2, 0.25) is 0 Å². The molecule has 4 nitrogen and oxygen atoms in total. The van der Waals surface area contributed by atoms with Crippen LogP contribution in [-0.4, -0.2) is 35.2 Å². The van der Waals surface area contributed by atoms with Gasteiger partial charge in [0.1, 0.15) is 5.75 Å². The van der Waals surface area contributed by atoms with Gasteiger partial charge in [0.25, 0.3) is 0 Å². The van der Waals surface area contributed by atoms with Crippen LogP contribution in [0.1, 0.15) is 18.5 Å². The van der Waals surface area contributed by atoms with Crippen LogP contribution in [0.15, 0.2) is 30.3 Å². The molecule has 0 fully saturated rings. The largest absolute Gasteiger partial charge is 0.358 e. The summed E-state index contributed by atoms with van der Waals surface area (Å²) in [6.45, 7) is 2.81. The average molecular weight is 268 g/mol. The lowest BCUT2D eigenvalue weighted by Crippen LogP contribution is -2.30. The lowest BCUT2D eigenvalue weighted by atomic mass is 10.1. The summed E-state index contributed by atoms with van der Waals surface area (Å²) < 4.78 is 11.9. The van der Waals surface area contributed by atoms with Crippen molar-refractivity contribution in [2.24, 2.45) is 0 Å². The molecule has 1 amide bonds. The number of hydrogen-bond donors (Lipinski definition) is 2. The highest BCUT2D eigenvalue weighted by molar-refractivity contribution is 7.85. The minimum Gasteiger partial charge on any atom is -0.358 e. The zero-order valence-electron chi connectivity index (χ0n) is 10.8. The molecule has 100 valence electrons. The van der Waals surface area contributed by atoms with Gasteiger partial charge in [-0.15, -0.1) is 0 Å². The van der Waals surface area contributed by atoms with Crippen molar-refractivity contribution >= 4 is 16.7 Å². The maximum absolute atomic E-state index is 11.9.